The molecule has 0 aliphatic heterocycles. The fraction of sp³-hybridized carbons (Fsp3) is 0.750. The largest absolute Gasteiger partial charge is 0.493 e. The quantitative estimate of drug-likeness (QED) is 0.491. The Balaban J connectivity index is 1.90. The number of benzene rings is 1. The molecule has 0 spiro atoms. The van der Waals surface area contributed by atoms with Gasteiger partial charge in [0, 0.05) is 5.54 Å². The van der Waals surface area contributed by atoms with Gasteiger partial charge in [0.15, 0.2) is 11.5 Å². The number of rotatable bonds is 13. The molecular formula is C24H41NO3. The third kappa shape index (κ3) is 7.29. The summed E-state index contributed by atoms with van der Waals surface area (Å²) in [6, 6.07) is 6.16. The van der Waals surface area contributed by atoms with Gasteiger partial charge in [0.25, 0.3) is 0 Å². The third-order valence-electron chi connectivity index (χ3n) is 6.09. The molecule has 2 rings (SSSR count). The number of methoxy groups -OCH3 is 1. The summed E-state index contributed by atoms with van der Waals surface area (Å²) >= 11 is 0. The summed E-state index contributed by atoms with van der Waals surface area (Å²) < 4.78 is 11.7. The Morgan fingerprint density at radius 3 is 2.50 bits per heavy atom. The van der Waals surface area contributed by atoms with Crippen molar-refractivity contribution in [3.8, 4) is 11.5 Å². The van der Waals surface area contributed by atoms with Crippen LogP contribution in [0.25, 0.3) is 0 Å². The fourth-order valence-corrected chi connectivity index (χ4v) is 3.96. The molecular weight excluding hydrogens is 350 g/mol. The summed E-state index contributed by atoms with van der Waals surface area (Å²) in [7, 11) is 1.69. The van der Waals surface area contributed by atoms with Gasteiger partial charge in [-0.05, 0) is 68.6 Å². The molecule has 0 heterocycles. The molecule has 0 radical (unpaired) electrons. The van der Waals surface area contributed by atoms with Gasteiger partial charge in [0.2, 0.25) is 0 Å². The molecule has 0 saturated heterocycles. The minimum Gasteiger partial charge on any atom is -0.493 e. The molecule has 0 aromatic heterocycles. The molecule has 1 aromatic rings. The normalized spacial score (nSPS) is 17.8. The van der Waals surface area contributed by atoms with Crippen molar-refractivity contribution in [3.63, 3.8) is 0 Å². The van der Waals surface area contributed by atoms with E-state index >= 15 is 0 Å². The topological polar surface area (TPSA) is 64.7 Å². The average molecular weight is 392 g/mol. The maximum absolute atomic E-state index is 9.81. The standard InChI is InChI=1S/C24H41NO3/c1-18(2)7-5-8-19(3)28-22-12-11-20(15-23(22)27-4)13-14-24(25,17-26)16-21-9-6-10-21/h11-12,15,18-19,21,26H,5-10,13-14,16-17,25H2,1-4H3/t19?,24-/m0/s1. The molecule has 1 saturated carbocycles. The number of nitrogens with two attached hydrogens (primary N) is 1. The molecule has 4 heteroatoms. The minimum atomic E-state index is -0.474. The Labute approximate surface area is 171 Å². The van der Waals surface area contributed by atoms with Crippen molar-refractivity contribution < 1.29 is 14.6 Å². The van der Waals surface area contributed by atoms with Crippen molar-refractivity contribution in [1.29, 1.82) is 0 Å². The zero-order chi connectivity index (χ0) is 20.6. The van der Waals surface area contributed by atoms with Crippen LogP contribution in [0.5, 0.6) is 11.5 Å². The first-order valence-corrected chi connectivity index (χ1v) is 11.1. The van der Waals surface area contributed by atoms with Gasteiger partial charge in [-0.15, -0.1) is 0 Å². The highest BCUT2D eigenvalue weighted by Gasteiger charge is 2.30. The van der Waals surface area contributed by atoms with Crippen molar-refractivity contribution in [2.45, 2.75) is 90.2 Å². The summed E-state index contributed by atoms with van der Waals surface area (Å²) in [4.78, 5) is 0. The van der Waals surface area contributed by atoms with Crippen LogP contribution in [0.3, 0.4) is 0 Å². The molecule has 3 N–H and O–H groups in total. The molecule has 0 amide bonds. The molecule has 4 nitrogen and oxygen atoms in total. The molecule has 1 aromatic carbocycles. The molecule has 2 atom stereocenters. The summed E-state index contributed by atoms with van der Waals surface area (Å²) in [6.07, 6.45) is 10.0. The van der Waals surface area contributed by atoms with Gasteiger partial charge < -0.3 is 20.3 Å². The molecule has 1 unspecified atom stereocenters. The Kier molecular flexibility index (Phi) is 9.10. The Morgan fingerprint density at radius 1 is 1.18 bits per heavy atom. The van der Waals surface area contributed by atoms with Gasteiger partial charge in [-0.2, -0.15) is 0 Å². The van der Waals surface area contributed by atoms with Gasteiger partial charge in [-0.1, -0.05) is 45.6 Å². The second-order valence-corrected chi connectivity index (χ2v) is 9.26. The second-order valence-electron chi connectivity index (χ2n) is 9.26. The van der Waals surface area contributed by atoms with Crippen LogP contribution < -0.4 is 15.2 Å². The van der Waals surface area contributed by atoms with Crippen molar-refractivity contribution in [2.75, 3.05) is 13.7 Å². The van der Waals surface area contributed by atoms with E-state index in [0.29, 0.717) is 5.92 Å². The van der Waals surface area contributed by atoms with Crippen LogP contribution in [-0.4, -0.2) is 30.5 Å². The highest BCUT2D eigenvalue weighted by atomic mass is 16.5. The SMILES string of the molecule is COc1cc(CC[C@@](N)(CO)CC2CCC2)ccc1OC(C)CCCC(C)C. The van der Waals surface area contributed by atoms with Gasteiger partial charge in [0.1, 0.15) is 0 Å². The highest BCUT2D eigenvalue weighted by Crippen LogP contribution is 2.35. The highest BCUT2D eigenvalue weighted by molar-refractivity contribution is 5.43. The predicted molar refractivity (Wildman–Crippen MR) is 116 cm³/mol. The van der Waals surface area contributed by atoms with E-state index in [9.17, 15) is 5.11 Å². The van der Waals surface area contributed by atoms with Crippen LogP contribution in [0.4, 0.5) is 0 Å². The van der Waals surface area contributed by atoms with E-state index in [-0.39, 0.29) is 12.7 Å². The first-order valence-electron chi connectivity index (χ1n) is 11.1. The van der Waals surface area contributed by atoms with E-state index in [0.717, 1.165) is 43.1 Å². The minimum absolute atomic E-state index is 0.0513. The molecule has 1 aliphatic rings. The second kappa shape index (κ2) is 11.1. The van der Waals surface area contributed by atoms with Crippen LogP contribution in [-0.2, 0) is 6.42 Å². The lowest BCUT2D eigenvalue weighted by atomic mass is 9.75. The van der Waals surface area contributed by atoms with Gasteiger partial charge in [-0.25, -0.2) is 0 Å². The van der Waals surface area contributed by atoms with E-state index in [2.05, 4.69) is 32.9 Å². The van der Waals surface area contributed by atoms with E-state index in [4.69, 9.17) is 15.2 Å². The third-order valence-corrected chi connectivity index (χ3v) is 6.09. The van der Waals surface area contributed by atoms with Gasteiger partial charge in [0.05, 0.1) is 19.8 Å². The Morgan fingerprint density at radius 2 is 1.93 bits per heavy atom. The summed E-state index contributed by atoms with van der Waals surface area (Å²) in [5.41, 5.74) is 7.18. The van der Waals surface area contributed by atoms with Crippen LogP contribution in [0.15, 0.2) is 18.2 Å². The van der Waals surface area contributed by atoms with E-state index < -0.39 is 5.54 Å². The molecule has 1 aliphatic carbocycles. The van der Waals surface area contributed by atoms with E-state index in [1.165, 1.54) is 37.7 Å². The number of ether oxygens (including phenoxy) is 2. The van der Waals surface area contributed by atoms with Gasteiger partial charge in [-0.3, -0.25) is 0 Å². The van der Waals surface area contributed by atoms with Crippen LogP contribution in [0.1, 0.15) is 77.7 Å². The van der Waals surface area contributed by atoms with Crippen LogP contribution in [0.2, 0.25) is 0 Å². The molecule has 0 bridgehead atoms. The Bertz CT molecular complexity index is 585. The summed E-state index contributed by atoms with van der Waals surface area (Å²) in [6.45, 7) is 6.69. The fourth-order valence-electron chi connectivity index (χ4n) is 3.96. The molecule has 160 valence electrons. The Hall–Kier alpha value is -1.26. The van der Waals surface area contributed by atoms with Crippen LogP contribution in [0, 0.1) is 11.8 Å². The summed E-state index contributed by atoms with van der Waals surface area (Å²) in [5.74, 6) is 3.01. The number of hydrogen-bond donors (Lipinski definition) is 2. The van der Waals surface area contributed by atoms with Crippen molar-refractivity contribution in [2.24, 2.45) is 17.6 Å². The smallest absolute Gasteiger partial charge is 0.161 e. The first-order chi connectivity index (χ1) is 13.3. The zero-order valence-electron chi connectivity index (χ0n) is 18.4. The van der Waals surface area contributed by atoms with Crippen LogP contribution >= 0.6 is 0 Å². The zero-order valence-corrected chi connectivity index (χ0v) is 18.4. The lowest BCUT2D eigenvalue weighted by Crippen LogP contribution is -2.46. The van der Waals surface area contributed by atoms with Gasteiger partial charge >= 0.3 is 0 Å². The molecule has 28 heavy (non-hydrogen) atoms. The maximum Gasteiger partial charge on any atom is 0.161 e. The number of aliphatic hydroxyl groups is 1. The number of aryl methyl sites for hydroxylation is 1. The van der Waals surface area contributed by atoms with E-state index in [1.54, 1.807) is 7.11 Å². The van der Waals surface area contributed by atoms with Crippen molar-refractivity contribution >= 4 is 0 Å². The lowest BCUT2D eigenvalue weighted by Gasteiger charge is -2.35. The lowest BCUT2D eigenvalue weighted by molar-refractivity contribution is 0.135. The van der Waals surface area contributed by atoms with Crippen molar-refractivity contribution in [3.05, 3.63) is 23.8 Å². The summed E-state index contributed by atoms with van der Waals surface area (Å²) in [5, 5.41) is 9.81. The number of aliphatic hydroxyl groups excluding tert-OH is 1. The van der Waals surface area contributed by atoms with E-state index in [1.807, 2.05) is 6.07 Å². The average Bonchev–Trinajstić information content (AvgIpc) is 2.63. The van der Waals surface area contributed by atoms with Crippen molar-refractivity contribution in [1.82, 2.24) is 0 Å². The monoisotopic (exact) mass is 391 g/mol. The first kappa shape index (κ1) is 23.0. The predicted octanol–water partition coefficient (Wildman–Crippen LogP) is 5.10. The number of hydrogen-bond acceptors (Lipinski definition) is 4. The molecule has 1 fully saturated rings. The maximum atomic E-state index is 9.81.